The van der Waals surface area contributed by atoms with Crippen LogP contribution in [-0.4, -0.2) is 35.6 Å². The summed E-state index contributed by atoms with van der Waals surface area (Å²) in [6.07, 6.45) is 2.12. The zero-order valence-corrected chi connectivity index (χ0v) is 11.5. The lowest BCUT2D eigenvalue weighted by Crippen LogP contribution is -2.63. The number of hydrogen-bond acceptors (Lipinski definition) is 2. The first-order valence-corrected chi connectivity index (χ1v) is 6.03. The van der Waals surface area contributed by atoms with Crippen molar-refractivity contribution in [1.29, 1.82) is 0 Å². The van der Waals surface area contributed by atoms with E-state index < -0.39 is 0 Å². The van der Waals surface area contributed by atoms with Crippen LogP contribution in [0, 0.1) is 5.92 Å². The molecule has 0 radical (unpaired) electrons. The summed E-state index contributed by atoms with van der Waals surface area (Å²) in [6.45, 7) is 11.1. The summed E-state index contributed by atoms with van der Waals surface area (Å²) >= 11 is 0. The monoisotopic (exact) mass is 227 g/mol. The summed E-state index contributed by atoms with van der Waals surface area (Å²) in [5.41, 5.74) is -0.145. The summed E-state index contributed by atoms with van der Waals surface area (Å²) in [5.74, 6) is 0.765. The van der Waals surface area contributed by atoms with Crippen LogP contribution in [0.25, 0.3) is 0 Å². The van der Waals surface area contributed by atoms with Crippen molar-refractivity contribution < 1.29 is 9.53 Å². The molecule has 0 aromatic heterocycles. The van der Waals surface area contributed by atoms with Gasteiger partial charge in [-0.3, -0.25) is 4.79 Å². The molecule has 1 aliphatic rings. The highest BCUT2D eigenvalue weighted by molar-refractivity contribution is 5.79. The molecule has 1 heterocycles. The minimum absolute atomic E-state index is 0.0726. The Kier molecular flexibility index (Phi) is 3.68. The second kappa shape index (κ2) is 4.36. The molecule has 0 bridgehead atoms. The van der Waals surface area contributed by atoms with Crippen molar-refractivity contribution in [3.63, 3.8) is 0 Å². The molecule has 1 fully saturated rings. The summed E-state index contributed by atoms with van der Waals surface area (Å²) in [6, 6.07) is 0. The van der Waals surface area contributed by atoms with Gasteiger partial charge in [0.2, 0.25) is 5.91 Å². The molecule has 0 aromatic rings. The van der Waals surface area contributed by atoms with Crippen molar-refractivity contribution in [2.24, 2.45) is 5.92 Å². The van der Waals surface area contributed by atoms with Crippen molar-refractivity contribution in [3.05, 3.63) is 0 Å². The van der Waals surface area contributed by atoms with Crippen LogP contribution < -0.4 is 0 Å². The molecule has 0 atom stereocenters. The molecule has 0 saturated carbocycles. The fourth-order valence-electron chi connectivity index (χ4n) is 3.64. The van der Waals surface area contributed by atoms with E-state index >= 15 is 0 Å². The molecule has 0 aromatic carbocycles. The van der Waals surface area contributed by atoms with Gasteiger partial charge in [-0.05, 0) is 46.5 Å². The van der Waals surface area contributed by atoms with E-state index in [0.717, 1.165) is 12.8 Å². The van der Waals surface area contributed by atoms with Crippen LogP contribution in [-0.2, 0) is 9.53 Å². The van der Waals surface area contributed by atoms with Crippen LogP contribution in [0.1, 0.15) is 47.5 Å². The number of amides is 1. The highest BCUT2D eigenvalue weighted by Gasteiger charge is 2.46. The van der Waals surface area contributed by atoms with Gasteiger partial charge in [0.05, 0.1) is 0 Å². The third-order valence-corrected chi connectivity index (χ3v) is 3.42. The fraction of sp³-hybridized carbons (Fsp3) is 0.923. The second-order valence-corrected chi connectivity index (χ2v) is 6.30. The van der Waals surface area contributed by atoms with Crippen LogP contribution >= 0.6 is 0 Å². The van der Waals surface area contributed by atoms with Crippen molar-refractivity contribution >= 4 is 5.91 Å². The van der Waals surface area contributed by atoms with Crippen molar-refractivity contribution in [1.82, 2.24) is 4.90 Å². The van der Waals surface area contributed by atoms with Crippen LogP contribution in [0.15, 0.2) is 0 Å². The smallest absolute Gasteiger partial charge is 0.249 e. The maximum absolute atomic E-state index is 12.1. The first-order chi connectivity index (χ1) is 7.20. The number of ether oxygens (including phenoxy) is 1. The molecule has 94 valence electrons. The predicted molar refractivity (Wildman–Crippen MR) is 65.3 cm³/mol. The third kappa shape index (κ3) is 2.57. The Morgan fingerprint density at radius 3 is 2.06 bits per heavy atom. The first kappa shape index (κ1) is 13.5. The molecule has 0 unspecified atom stereocenters. The first-order valence-electron chi connectivity index (χ1n) is 6.03. The number of hydrogen-bond donors (Lipinski definition) is 0. The van der Waals surface area contributed by atoms with Gasteiger partial charge < -0.3 is 9.64 Å². The Labute approximate surface area is 99.1 Å². The molecule has 1 aliphatic heterocycles. The number of rotatable bonds is 2. The van der Waals surface area contributed by atoms with Crippen LogP contribution in [0.2, 0.25) is 0 Å². The zero-order chi connectivity index (χ0) is 12.6. The van der Waals surface area contributed by atoms with E-state index in [9.17, 15) is 4.79 Å². The normalized spacial score (nSPS) is 24.5. The maximum Gasteiger partial charge on any atom is 0.249 e. The SMILES string of the molecule is COCC(=O)N1C(C)(C)CC(C)CC1(C)C. The topological polar surface area (TPSA) is 29.5 Å². The van der Waals surface area contributed by atoms with Gasteiger partial charge in [0.25, 0.3) is 0 Å². The molecule has 0 aliphatic carbocycles. The van der Waals surface area contributed by atoms with Crippen molar-refractivity contribution in [2.75, 3.05) is 13.7 Å². The lowest BCUT2D eigenvalue weighted by Gasteiger charge is -2.54. The largest absolute Gasteiger partial charge is 0.375 e. The molecular formula is C13H25NO2. The van der Waals surface area contributed by atoms with E-state index in [1.807, 2.05) is 4.90 Å². The third-order valence-electron chi connectivity index (χ3n) is 3.42. The minimum atomic E-state index is -0.0726. The Balaban J connectivity index is 2.97. The minimum Gasteiger partial charge on any atom is -0.375 e. The summed E-state index contributed by atoms with van der Waals surface area (Å²) < 4.78 is 4.98. The molecular weight excluding hydrogens is 202 g/mol. The van der Waals surface area contributed by atoms with Gasteiger partial charge >= 0.3 is 0 Å². The zero-order valence-electron chi connectivity index (χ0n) is 11.5. The van der Waals surface area contributed by atoms with E-state index in [1.165, 1.54) is 0 Å². The van der Waals surface area contributed by atoms with Gasteiger partial charge in [-0.1, -0.05) is 6.92 Å². The lowest BCUT2D eigenvalue weighted by atomic mass is 9.74. The summed E-state index contributed by atoms with van der Waals surface area (Å²) in [4.78, 5) is 14.2. The lowest BCUT2D eigenvalue weighted by molar-refractivity contribution is -0.155. The Bertz CT molecular complexity index is 253. The summed E-state index contributed by atoms with van der Waals surface area (Å²) in [7, 11) is 1.57. The van der Waals surface area contributed by atoms with Crippen LogP contribution in [0.5, 0.6) is 0 Å². The fourth-order valence-corrected chi connectivity index (χ4v) is 3.64. The van der Waals surface area contributed by atoms with E-state index in [4.69, 9.17) is 4.74 Å². The van der Waals surface area contributed by atoms with Crippen LogP contribution in [0.4, 0.5) is 0 Å². The number of piperidine rings is 1. The van der Waals surface area contributed by atoms with E-state index in [1.54, 1.807) is 7.11 Å². The molecule has 3 nitrogen and oxygen atoms in total. The number of likely N-dealkylation sites (tertiary alicyclic amines) is 1. The van der Waals surface area contributed by atoms with Gasteiger partial charge in [0, 0.05) is 18.2 Å². The Morgan fingerprint density at radius 1 is 1.25 bits per heavy atom. The van der Waals surface area contributed by atoms with E-state index in [2.05, 4.69) is 34.6 Å². The molecule has 1 saturated heterocycles. The maximum atomic E-state index is 12.1. The number of carbonyl (C=O) groups excluding carboxylic acids is 1. The average Bonchev–Trinajstić information content (AvgIpc) is 1.96. The number of nitrogens with zero attached hydrogens (tertiary/aromatic N) is 1. The highest BCUT2D eigenvalue weighted by atomic mass is 16.5. The van der Waals surface area contributed by atoms with E-state index in [-0.39, 0.29) is 23.6 Å². The van der Waals surface area contributed by atoms with Gasteiger partial charge in [0.15, 0.2) is 0 Å². The summed E-state index contributed by atoms with van der Waals surface area (Å²) in [5, 5.41) is 0. The van der Waals surface area contributed by atoms with Gasteiger partial charge in [-0.2, -0.15) is 0 Å². The van der Waals surface area contributed by atoms with Gasteiger partial charge in [-0.15, -0.1) is 0 Å². The van der Waals surface area contributed by atoms with Crippen molar-refractivity contribution in [3.8, 4) is 0 Å². The van der Waals surface area contributed by atoms with Crippen LogP contribution in [0.3, 0.4) is 0 Å². The molecule has 16 heavy (non-hydrogen) atoms. The Hall–Kier alpha value is -0.570. The van der Waals surface area contributed by atoms with Crippen molar-refractivity contribution in [2.45, 2.75) is 58.5 Å². The quantitative estimate of drug-likeness (QED) is 0.725. The second-order valence-electron chi connectivity index (χ2n) is 6.30. The molecule has 0 N–H and O–H groups in total. The van der Waals surface area contributed by atoms with Gasteiger partial charge in [0.1, 0.15) is 6.61 Å². The average molecular weight is 227 g/mol. The predicted octanol–water partition coefficient (Wildman–Crippen LogP) is 2.45. The molecule has 1 amide bonds. The number of carbonyl (C=O) groups is 1. The number of methoxy groups -OCH3 is 1. The van der Waals surface area contributed by atoms with E-state index in [0.29, 0.717) is 5.92 Å². The molecule has 0 spiro atoms. The standard InChI is InChI=1S/C13H25NO2/c1-10-7-12(2,3)14(11(15)9-16-6)13(4,5)8-10/h10H,7-9H2,1-6H3. The highest BCUT2D eigenvalue weighted by Crippen LogP contribution is 2.41. The molecule has 3 heteroatoms. The Morgan fingerprint density at radius 2 is 1.69 bits per heavy atom. The van der Waals surface area contributed by atoms with Gasteiger partial charge in [-0.25, -0.2) is 0 Å². The molecule has 1 rings (SSSR count).